The second kappa shape index (κ2) is 8.39. The van der Waals surface area contributed by atoms with Crippen molar-refractivity contribution in [1.29, 1.82) is 0 Å². The second-order valence-electron chi connectivity index (χ2n) is 6.94. The maximum Gasteiger partial charge on any atom is 0.335 e. The fourth-order valence-electron chi connectivity index (χ4n) is 3.34. The standard InChI is InChI=1S/C25H18ClNO3/c26-22-12-10-19(11-13-22)23-15-21(14-17-4-2-1-3-5-17)24(28)27(23)16-18-6-8-20(9-7-18)25(29)30/h1-15H,16H2,(H,29,30)/b21-14+. The van der Waals surface area contributed by atoms with Crippen LogP contribution in [0, 0.1) is 0 Å². The van der Waals surface area contributed by atoms with E-state index in [1.54, 1.807) is 41.3 Å². The van der Waals surface area contributed by atoms with Crippen LogP contribution in [0.25, 0.3) is 11.8 Å². The van der Waals surface area contributed by atoms with E-state index >= 15 is 0 Å². The predicted molar refractivity (Wildman–Crippen MR) is 118 cm³/mol. The smallest absolute Gasteiger partial charge is 0.335 e. The molecule has 1 N–H and O–H groups in total. The second-order valence-corrected chi connectivity index (χ2v) is 7.38. The number of hydrogen-bond acceptors (Lipinski definition) is 2. The molecule has 3 aromatic carbocycles. The first-order valence-corrected chi connectivity index (χ1v) is 9.77. The summed E-state index contributed by atoms with van der Waals surface area (Å²) in [5.41, 5.74) is 4.25. The van der Waals surface area contributed by atoms with Crippen LogP contribution in [0.1, 0.15) is 27.0 Å². The summed E-state index contributed by atoms with van der Waals surface area (Å²) in [7, 11) is 0. The molecule has 0 aromatic heterocycles. The zero-order valence-corrected chi connectivity index (χ0v) is 16.7. The maximum absolute atomic E-state index is 13.2. The van der Waals surface area contributed by atoms with E-state index in [1.807, 2.05) is 54.6 Å². The summed E-state index contributed by atoms with van der Waals surface area (Å²) in [4.78, 5) is 26.0. The Morgan fingerprint density at radius 3 is 2.23 bits per heavy atom. The highest BCUT2D eigenvalue weighted by Gasteiger charge is 2.29. The zero-order valence-electron chi connectivity index (χ0n) is 16.0. The van der Waals surface area contributed by atoms with E-state index in [0.717, 1.165) is 22.4 Å². The summed E-state index contributed by atoms with van der Waals surface area (Å²) in [6.45, 7) is 0.333. The lowest BCUT2D eigenvalue weighted by Gasteiger charge is -2.21. The van der Waals surface area contributed by atoms with Gasteiger partial charge in [-0.2, -0.15) is 0 Å². The summed E-state index contributed by atoms with van der Waals surface area (Å²) in [6, 6.07) is 23.6. The Morgan fingerprint density at radius 2 is 1.60 bits per heavy atom. The third-order valence-corrected chi connectivity index (χ3v) is 5.13. The Hall–Kier alpha value is -3.63. The molecule has 0 spiro atoms. The number of carboxylic acid groups (broad SMARTS) is 1. The van der Waals surface area contributed by atoms with E-state index in [2.05, 4.69) is 0 Å². The number of hydrogen-bond donors (Lipinski definition) is 1. The number of rotatable bonds is 5. The Labute approximate surface area is 179 Å². The van der Waals surface area contributed by atoms with Crippen molar-refractivity contribution >= 4 is 35.3 Å². The molecular formula is C25H18ClNO3. The molecule has 148 valence electrons. The molecule has 1 heterocycles. The van der Waals surface area contributed by atoms with Gasteiger partial charge >= 0.3 is 5.97 Å². The van der Waals surface area contributed by atoms with Crippen LogP contribution in [-0.2, 0) is 11.3 Å². The van der Waals surface area contributed by atoms with Crippen LogP contribution in [0.4, 0.5) is 0 Å². The maximum atomic E-state index is 13.2. The fourth-order valence-corrected chi connectivity index (χ4v) is 3.46. The lowest BCUT2D eigenvalue weighted by molar-refractivity contribution is -0.123. The van der Waals surface area contributed by atoms with Gasteiger partial charge in [0.1, 0.15) is 0 Å². The van der Waals surface area contributed by atoms with Crippen LogP contribution in [0.2, 0.25) is 5.02 Å². The number of aromatic carboxylic acids is 1. The molecule has 4 nitrogen and oxygen atoms in total. The molecule has 5 heteroatoms. The fraction of sp³-hybridized carbons (Fsp3) is 0.0400. The highest BCUT2D eigenvalue weighted by molar-refractivity contribution is 6.30. The highest BCUT2D eigenvalue weighted by atomic mass is 35.5. The molecule has 1 aliphatic rings. The van der Waals surface area contributed by atoms with E-state index in [4.69, 9.17) is 16.7 Å². The minimum absolute atomic E-state index is 0.105. The quantitative estimate of drug-likeness (QED) is 0.559. The van der Waals surface area contributed by atoms with E-state index in [9.17, 15) is 9.59 Å². The van der Waals surface area contributed by atoms with Crippen LogP contribution < -0.4 is 0 Å². The summed E-state index contributed by atoms with van der Waals surface area (Å²) in [6.07, 6.45) is 3.75. The lowest BCUT2D eigenvalue weighted by atomic mass is 10.1. The first-order valence-electron chi connectivity index (χ1n) is 9.40. The van der Waals surface area contributed by atoms with Gasteiger partial charge < -0.3 is 10.0 Å². The molecular weight excluding hydrogens is 398 g/mol. The Kier molecular flexibility index (Phi) is 5.50. The number of nitrogens with zero attached hydrogens (tertiary/aromatic N) is 1. The molecule has 3 aromatic rings. The van der Waals surface area contributed by atoms with Gasteiger partial charge in [-0.05, 0) is 53.1 Å². The topological polar surface area (TPSA) is 57.6 Å². The normalized spacial score (nSPS) is 14.8. The van der Waals surface area contributed by atoms with Crippen LogP contribution in [0.3, 0.4) is 0 Å². The Morgan fingerprint density at radius 1 is 0.933 bits per heavy atom. The molecule has 0 saturated carbocycles. The first kappa shape index (κ1) is 19.7. The van der Waals surface area contributed by atoms with E-state index in [-0.39, 0.29) is 11.5 Å². The van der Waals surface area contributed by atoms with Crippen LogP contribution in [0.15, 0.2) is 90.5 Å². The average Bonchev–Trinajstić information content (AvgIpc) is 3.05. The van der Waals surface area contributed by atoms with Crippen molar-refractivity contribution in [3.8, 4) is 0 Å². The Bertz CT molecular complexity index is 1150. The molecule has 0 bridgehead atoms. The summed E-state index contributed by atoms with van der Waals surface area (Å²) in [5, 5.41) is 9.72. The SMILES string of the molecule is O=C(O)c1ccc(CN2C(=O)/C(=C/c3ccccc3)C=C2c2ccc(Cl)cc2)cc1. The van der Waals surface area contributed by atoms with Crippen molar-refractivity contribution in [2.24, 2.45) is 0 Å². The molecule has 1 amide bonds. The van der Waals surface area contributed by atoms with Crippen molar-refractivity contribution in [1.82, 2.24) is 4.90 Å². The largest absolute Gasteiger partial charge is 0.478 e. The van der Waals surface area contributed by atoms with Gasteiger partial charge in [0.25, 0.3) is 5.91 Å². The highest BCUT2D eigenvalue weighted by Crippen LogP contribution is 2.32. The van der Waals surface area contributed by atoms with Crippen molar-refractivity contribution in [2.45, 2.75) is 6.54 Å². The molecule has 0 atom stereocenters. The predicted octanol–water partition coefficient (Wildman–Crippen LogP) is 5.51. The van der Waals surface area contributed by atoms with Gasteiger partial charge in [-0.15, -0.1) is 0 Å². The number of halogens is 1. The third kappa shape index (κ3) is 4.19. The molecule has 0 saturated heterocycles. The van der Waals surface area contributed by atoms with E-state index < -0.39 is 5.97 Å². The summed E-state index contributed by atoms with van der Waals surface area (Å²) < 4.78 is 0. The van der Waals surface area contributed by atoms with Gasteiger partial charge in [0.15, 0.2) is 0 Å². The molecule has 0 radical (unpaired) electrons. The van der Waals surface area contributed by atoms with Gasteiger partial charge in [0.2, 0.25) is 0 Å². The number of carboxylic acids is 1. The molecule has 0 aliphatic carbocycles. The van der Waals surface area contributed by atoms with Gasteiger partial charge in [-0.3, -0.25) is 4.79 Å². The van der Waals surface area contributed by atoms with E-state index in [0.29, 0.717) is 17.1 Å². The number of carbonyl (C=O) groups is 2. The zero-order chi connectivity index (χ0) is 21.1. The minimum Gasteiger partial charge on any atom is -0.478 e. The number of benzene rings is 3. The number of amides is 1. The van der Waals surface area contributed by atoms with Gasteiger partial charge in [0, 0.05) is 10.6 Å². The molecule has 0 unspecified atom stereocenters. The Balaban J connectivity index is 1.70. The lowest BCUT2D eigenvalue weighted by Crippen LogP contribution is -2.25. The molecule has 4 rings (SSSR count). The third-order valence-electron chi connectivity index (χ3n) is 4.88. The van der Waals surface area contributed by atoms with Crippen molar-refractivity contribution < 1.29 is 14.7 Å². The van der Waals surface area contributed by atoms with E-state index in [1.165, 1.54) is 0 Å². The molecule has 0 fully saturated rings. The average molecular weight is 416 g/mol. The summed E-state index contributed by atoms with van der Waals surface area (Å²) >= 11 is 6.03. The minimum atomic E-state index is -0.978. The van der Waals surface area contributed by atoms with Crippen molar-refractivity contribution in [3.05, 3.63) is 118 Å². The van der Waals surface area contributed by atoms with Crippen molar-refractivity contribution in [2.75, 3.05) is 0 Å². The van der Waals surface area contributed by atoms with Crippen LogP contribution in [-0.4, -0.2) is 21.9 Å². The van der Waals surface area contributed by atoms with Crippen LogP contribution >= 0.6 is 11.6 Å². The first-order chi connectivity index (χ1) is 14.5. The number of carbonyl (C=O) groups excluding carboxylic acids is 1. The van der Waals surface area contributed by atoms with Gasteiger partial charge in [0.05, 0.1) is 17.8 Å². The molecule has 1 aliphatic heterocycles. The monoisotopic (exact) mass is 415 g/mol. The van der Waals surface area contributed by atoms with Crippen molar-refractivity contribution in [3.63, 3.8) is 0 Å². The summed E-state index contributed by atoms with van der Waals surface area (Å²) in [5.74, 6) is -1.08. The van der Waals surface area contributed by atoms with Crippen LogP contribution in [0.5, 0.6) is 0 Å². The molecule has 30 heavy (non-hydrogen) atoms. The van der Waals surface area contributed by atoms with Gasteiger partial charge in [-0.1, -0.05) is 66.2 Å². The van der Waals surface area contributed by atoms with Gasteiger partial charge in [-0.25, -0.2) is 4.79 Å².